The summed E-state index contributed by atoms with van der Waals surface area (Å²) in [5.74, 6) is -0.413. The van der Waals surface area contributed by atoms with E-state index in [-0.39, 0.29) is 4.21 Å². The third kappa shape index (κ3) is 3.72. The number of hydrogen-bond donors (Lipinski definition) is 1. The second-order valence-electron chi connectivity index (χ2n) is 4.70. The van der Waals surface area contributed by atoms with Crippen LogP contribution in [0.5, 0.6) is 0 Å². The van der Waals surface area contributed by atoms with E-state index in [1.807, 2.05) is 0 Å². The normalized spacial score (nSPS) is 11.6. The summed E-state index contributed by atoms with van der Waals surface area (Å²) < 4.78 is 41.5. The summed E-state index contributed by atoms with van der Waals surface area (Å²) in [6.07, 6.45) is 2.95. The van der Waals surface area contributed by atoms with Crippen molar-refractivity contribution in [2.24, 2.45) is 0 Å². The molecular formula is C14H11ClFN3O2S2. The quantitative estimate of drug-likeness (QED) is 0.745. The van der Waals surface area contributed by atoms with Crippen LogP contribution in [0.2, 0.25) is 5.02 Å². The number of sulfonamides is 1. The molecule has 0 radical (unpaired) electrons. The molecule has 1 aromatic carbocycles. The Balaban J connectivity index is 1.76. The van der Waals surface area contributed by atoms with Crippen LogP contribution in [0.15, 0.2) is 52.3 Å². The number of rotatable bonds is 5. The van der Waals surface area contributed by atoms with Crippen molar-refractivity contribution in [1.29, 1.82) is 0 Å². The first-order valence-corrected chi connectivity index (χ1v) is 9.21. The minimum absolute atomic E-state index is 0.229. The minimum Gasteiger partial charge on any atom is -0.276 e. The monoisotopic (exact) mass is 371 g/mol. The van der Waals surface area contributed by atoms with E-state index >= 15 is 0 Å². The Morgan fingerprint density at radius 2 is 2.17 bits per heavy atom. The predicted molar refractivity (Wildman–Crippen MR) is 87.9 cm³/mol. The molecule has 1 N–H and O–H groups in total. The topological polar surface area (TPSA) is 64.0 Å². The molecular weight excluding hydrogens is 361 g/mol. The van der Waals surface area contributed by atoms with Gasteiger partial charge in [-0.3, -0.25) is 9.40 Å². The summed E-state index contributed by atoms with van der Waals surface area (Å²) in [5, 5.41) is 6.06. The summed E-state index contributed by atoms with van der Waals surface area (Å²) >= 11 is 7.10. The highest BCUT2D eigenvalue weighted by Gasteiger charge is 2.16. The van der Waals surface area contributed by atoms with Crippen molar-refractivity contribution in [3.63, 3.8) is 0 Å². The number of hydrogen-bond acceptors (Lipinski definition) is 4. The van der Waals surface area contributed by atoms with Gasteiger partial charge in [0.1, 0.15) is 10.0 Å². The van der Waals surface area contributed by atoms with Gasteiger partial charge in [0.25, 0.3) is 10.0 Å². The molecule has 5 nitrogen and oxygen atoms in total. The van der Waals surface area contributed by atoms with Crippen LogP contribution in [0.25, 0.3) is 0 Å². The summed E-state index contributed by atoms with van der Waals surface area (Å²) in [7, 11) is -3.60. The molecule has 0 fully saturated rings. The number of thiophene rings is 1. The van der Waals surface area contributed by atoms with Crippen LogP contribution < -0.4 is 4.72 Å². The SMILES string of the molecule is O=S(=O)(Nc1cnn(Cc2ccc(F)cc2Cl)c1)c1cccs1. The Morgan fingerprint density at radius 1 is 1.35 bits per heavy atom. The standard InChI is InChI=1S/C14H11ClFN3O2S2/c15-13-6-11(16)4-3-10(13)8-19-9-12(7-17-19)18-23(20,21)14-2-1-5-22-14/h1-7,9,18H,8H2. The number of anilines is 1. The first kappa shape index (κ1) is 16.0. The Morgan fingerprint density at radius 3 is 2.87 bits per heavy atom. The number of nitrogens with zero attached hydrogens (tertiary/aromatic N) is 2. The maximum Gasteiger partial charge on any atom is 0.271 e. The average molecular weight is 372 g/mol. The summed E-state index contributed by atoms with van der Waals surface area (Å²) in [6, 6.07) is 7.29. The molecule has 120 valence electrons. The van der Waals surface area contributed by atoms with E-state index in [9.17, 15) is 12.8 Å². The highest BCUT2D eigenvalue weighted by molar-refractivity contribution is 7.94. The molecule has 3 aromatic rings. The molecule has 23 heavy (non-hydrogen) atoms. The fourth-order valence-corrected chi connectivity index (χ4v) is 4.20. The molecule has 0 bridgehead atoms. The van der Waals surface area contributed by atoms with Gasteiger partial charge in [-0.15, -0.1) is 11.3 Å². The van der Waals surface area contributed by atoms with Crippen LogP contribution in [-0.4, -0.2) is 18.2 Å². The van der Waals surface area contributed by atoms with Crippen molar-refractivity contribution >= 4 is 38.6 Å². The predicted octanol–water partition coefficient (Wildman–Crippen LogP) is 3.59. The van der Waals surface area contributed by atoms with Gasteiger partial charge < -0.3 is 0 Å². The van der Waals surface area contributed by atoms with E-state index in [0.29, 0.717) is 22.8 Å². The maximum absolute atomic E-state index is 13.0. The van der Waals surface area contributed by atoms with E-state index in [4.69, 9.17) is 11.6 Å². The van der Waals surface area contributed by atoms with E-state index < -0.39 is 15.8 Å². The molecule has 0 aliphatic carbocycles. The van der Waals surface area contributed by atoms with Crippen LogP contribution in [0.1, 0.15) is 5.56 Å². The van der Waals surface area contributed by atoms with Crippen molar-refractivity contribution in [3.8, 4) is 0 Å². The lowest BCUT2D eigenvalue weighted by Crippen LogP contribution is -2.10. The van der Waals surface area contributed by atoms with E-state index in [2.05, 4.69) is 9.82 Å². The van der Waals surface area contributed by atoms with Gasteiger partial charge in [0.05, 0.1) is 18.4 Å². The van der Waals surface area contributed by atoms with Crippen molar-refractivity contribution in [1.82, 2.24) is 9.78 Å². The second-order valence-corrected chi connectivity index (χ2v) is 7.96. The Labute approximate surface area is 141 Å². The molecule has 2 heterocycles. The van der Waals surface area contributed by atoms with Gasteiger partial charge in [0.2, 0.25) is 0 Å². The lowest BCUT2D eigenvalue weighted by Gasteiger charge is -2.05. The highest BCUT2D eigenvalue weighted by atomic mass is 35.5. The average Bonchev–Trinajstić information content (AvgIpc) is 3.13. The lowest BCUT2D eigenvalue weighted by atomic mass is 10.2. The van der Waals surface area contributed by atoms with Gasteiger partial charge in [-0.2, -0.15) is 5.10 Å². The van der Waals surface area contributed by atoms with Crippen molar-refractivity contribution in [2.75, 3.05) is 4.72 Å². The van der Waals surface area contributed by atoms with E-state index in [0.717, 1.165) is 11.3 Å². The summed E-state index contributed by atoms with van der Waals surface area (Å²) in [5.41, 5.74) is 1.03. The minimum atomic E-state index is -3.60. The largest absolute Gasteiger partial charge is 0.276 e. The van der Waals surface area contributed by atoms with Crippen LogP contribution in [0, 0.1) is 5.82 Å². The van der Waals surface area contributed by atoms with Gasteiger partial charge in [-0.1, -0.05) is 23.7 Å². The number of halogens is 2. The van der Waals surface area contributed by atoms with Gasteiger partial charge in [-0.05, 0) is 29.1 Å². The number of aromatic nitrogens is 2. The molecule has 0 aliphatic heterocycles. The van der Waals surface area contributed by atoms with Crippen molar-refractivity contribution in [2.45, 2.75) is 10.8 Å². The zero-order valence-electron chi connectivity index (χ0n) is 11.6. The molecule has 0 aliphatic rings. The molecule has 0 saturated heterocycles. The molecule has 0 spiro atoms. The molecule has 9 heteroatoms. The van der Waals surface area contributed by atoms with E-state index in [1.165, 1.54) is 29.1 Å². The Kier molecular flexibility index (Phi) is 4.38. The first-order valence-electron chi connectivity index (χ1n) is 6.47. The molecule has 0 unspecified atom stereocenters. The van der Waals surface area contributed by atoms with Crippen LogP contribution in [-0.2, 0) is 16.6 Å². The summed E-state index contributed by atoms with van der Waals surface area (Å²) in [4.78, 5) is 0. The lowest BCUT2D eigenvalue weighted by molar-refractivity contribution is 0.603. The molecule has 2 aromatic heterocycles. The van der Waals surface area contributed by atoms with Gasteiger partial charge in [0.15, 0.2) is 0 Å². The van der Waals surface area contributed by atoms with Crippen molar-refractivity contribution in [3.05, 3.63) is 64.5 Å². The zero-order valence-corrected chi connectivity index (χ0v) is 14.0. The number of nitrogens with one attached hydrogen (secondary N) is 1. The van der Waals surface area contributed by atoms with Crippen molar-refractivity contribution < 1.29 is 12.8 Å². The van der Waals surface area contributed by atoms with E-state index in [1.54, 1.807) is 23.7 Å². The second kappa shape index (κ2) is 6.31. The Hall–Kier alpha value is -1.90. The third-order valence-corrected chi connectivity index (χ3v) is 6.12. The fraction of sp³-hybridized carbons (Fsp3) is 0.0714. The smallest absolute Gasteiger partial charge is 0.271 e. The third-order valence-electron chi connectivity index (χ3n) is 2.99. The molecule has 0 saturated carbocycles. The molecule has 3 rings (SSSR count). The number of benzene rings is 1. The van der Waals surface area contributed by atoms with Crippen LogP contribution in [0.3, 0.4) is 0 Å². The highest BCUT2D eigenvalue weighted by Crippen LogP contribution is 2.21. The Bertz CT molecular complexity index is 923. The molecule has 0 atom stereocenters. The van der Waals surface area contributed by atoms with Gasteiger partial charge in [0, 0.05) is 11.2 Å². The van der Waals surface area contributed by atoms with Crippen LogP contribution in [0.4, 0.5) is 10.1 Å². The fourth-order valence-electron chi connectivity index (χ4n) is 1.95. The first-order chi connectivity index (χ1) is 10.9. The van der Waals surface area contributed by atoms with Crippen LogP contribution >= 0.6 is 22.9 Å². The molecule has 0 amide bonds. The maximum atomic E-state index is 13.0. The van der Waals surface area contributed by atoms with Gasteiger partial charge >= 0.3 is 0 Å². The zero-order chi connectivity index (χ0) is 16.4. The summed E-state index contributed by atoms with van der Waals surface area (Å²) in [6.45, 7) is 0.305. The van der Waals surface area contributed by atoms with Gasteiger partial charge in [-0.25, -0.2) is 12.8 Å².